The van der Waals surface area contributed by atoms with E-state index in [4.69, 9.17) is 10.8 Å². The van der Waals surface area contributed by atoms with Crippen LogP contribution in [0.15, 0.2) is 0 Å². The molecule has 0 aromatic carbocycles. The maximum Gasteiger partial charge on any atom is 0.305 e. The van der Waals surface area contributed by atoms with E-state index in [2.05, 4.69) is 0 Å². The van der Waals surface area contributed by atoms with Gasteiger partial charge in [-0.3, -0.25) is 9.59 Å². The molecule has 1 heterocycles. The number of carboxylic acid groups (broad SMARTS) is 1. The second kappa shape index (κ2) is 5.56. The number of carbonyl (C=O) groups is 2. The molecule has 0 spiro atoms. The van der Waals surface area contributed by atoms with Crippen molar-refractivity contribution in [3.05, 3.63) is 0 Å². The summed E-state index contributed by atoms with van der Waals surface area (Å²) in [6.07, 6.45) is 3.41. The Morgan fingerprint density at radius 3 is 2.70 bits per heavy atom. The van der Waals surface area contributed by atoms with Gasteiger partial charge in [0.2, 0.25) is 5.91 Å². The molecule has 2 aliphatic carbocycles. The van der Waals surface area contributed by atoms with Crippen LogP contribution in [-0.4, -0.2) is 52.0 Å². The summed E-state index contributed by atoms with van der Waals surface area (Å²) in [4.78, 5) is 25.6. The van der Waals surface area contributed by atoms with Crippen molar-refractivity contribution < 1.29 is 14.7 Å². The van der Waals surface area contributed by atoms with Crippen molar-refractivity contribution in [2.45, 2.75) is 37.8 Å². The van der Waals surface area contributed by atoms with Gasteiger partial charge in [0.25, 0.3) is 0 Å². The third-order valence-electron chi connectivity index (χ3n) is 5.19. The van der Waals surface area contributed by atoms with Crippen LogP contribution in [0.2, 0.25) is 0 Å². The standard InChI is InChI=1S/C14H22N2O3S/c15-13-9-2-1-8(5-9)12(13)14(19)16-3-4-20-7-10(16)6-11(17)18/h8-10,12-13H,1-7,15H2,(H,17,18). The Morgan fingerprint density at radius 2 is 2.05 bits per heavy atom. The molecule has 2 saturated carbocycles. The fourth-order valence-electron chi connectivity index (χ4n) is 4.21. The van der Waals surface area contributed by atoms with Gasteiger partial charge in [-0.25, -0.2) is 0 Å². The number of rotatable bonds is 3. The van der Waals surface area contributed by atoms with E-state index in [0.29, 0.717) is 18.4 Å². The number of hydrogen-bond acceptors (Lipinski definition) is 4. The van der Waals surface area contributed by atoms with Crippen molar-refractivity contribution in [3.63, 3.8) is 0 Å². The minimum atomic E-state index is -0.826. The quantitative estimate of drug-likeness (QED) is 0.804. The monoisotopic (exact) mass is 298 g/mol. The number of aliphatic carboxylic acids is 1. The fraction of sp³-hybridized carbons (Fsp3) is 0.857. The van der Waals surface area contributed by atoms with E-state index in [0.717, 1.165) is 30.8 Å². The number of nitrogens with two attached hydrogens (primary N) is 1. The lowest BCUT2D eigenvalue weighted by Crippen LogP contribution is -2.53. The summed E-state index contributed by atoms with van der Waals surface area (Å²) in [6, 6.07) is -0.175. The van der Waals surface area contributed by atoms with Gasteiger partial charge in [-0.1, -0.05) is 0 Å². The van der Waals surface area contributed by atoms with Crippen LogP contribution in [0.4, 0.5) is 0 Å². The normalized spacial score (nSPS) is 40.0. The number of hydrogen-bond donors (Lipinski definition) is 2. The first-order valence-corrected chi connectivity index (χ1v) is 8.59. The van der Waals surface area contributed by atoms with E-state index in [1.807, 2.05) is 4.90 Å². The zero-order chi connectivity index (χ0) is 14.3. The smallest absolute Gasteiger partial charge is 0.305 e. The molecule has 1 amide bonds. The molecule has 1 aliphatic heterocycles. The van der Waals surface area contributed by atoms with Crippen LogP contribution < -0.4 is 5.73 Å². The topological polar surface area (TPSA) is 83.6 Å². The van der Waals surface area contributed by atoms with Crippen LogP contribution in [0, 0.1) is 17.8 Å². The van der Waals surface area contributed by atoms with E-state index >= 15 is 0 Å². The maximum absolute atomic E-state index is 12.8. The zero-order valence-electron chi connectivity index (χ0n) is 11.5. The van der Waals surface area contributed by atoms with Crippen molar-refractivity contribution >= 4 is 23.6 Å². The molecule has 3 aliphatic rings. The van der Waals surface area contributed by atoms with E-state index in [1.54, 1.807) is 11.8 Å². The van der Waals surface area contributed by atoms with Crippen molar-refractivity contribution in [1.29, 1.82) is 0 Å². The molecule has 1 saturated heterocycles. The molecular weight excluding hydrogens is 276 g/mol. The largest absolute Gasteiger partial charge is 0.481 e. The zero-order valence-corrected chi connectivity index (χ0v) is 12.3. The second-order valence-corrected chi connectivity index (χ2v) is 7.44. The van der Waals surface area contributed by atoms with Crippen LogP contribution in [0.25, 0.3) is 0 Å². The first-order valence-electron chi connectivity index (χ1n) is 7.43. The van der Waals surface area contributed by atoms with Crippen LogP contribution in [0.3, 0.4) is 0 Å². The van der Waals surface area contributed by atoms with Crippen LogP contribution in [0.1, 0.15) is 25.7 Å². The van der Waals surface area contributed by atoms with E-state index < -0.39 is 5.97 Å². The Hall–Kier alpha value is -0.750. The predicted octanol–water partition coefficient (Wildman–Crippen LogP) is 0.778. The highest BCUT2D eigenvalue weighted by Crippen LogP contribution is 2.48. The molecule has 6 heteroatoms. The van der Waals surface area contributed by atoms with Crippen molar-refractivity contribution in [2.24, 2.45) is 23.5 Å². The molecule has 5 nitrogen and oxygen atoms in total. The number of amides is 1. The third kappa shape index (κ3) is 2.44. The molecule has 3 N–H and O–H groups in total. The number of thioether (sulfide) groups is 1. The molecule has 3 rings (SSSR count). The summed E-state index contributed by atoms with van der Waals surface area (Å²) in [5, 5.41) is 9.02. The first kappa shape index (κ1) is 14.2. The molecule has 112 valence electrons. The molecule has 20 heavy (non-hydrogen) atoms. The van der Waals surface area contributed by atoms with E-state index in [1.165, 1.54) is 0 Å². The lowest BCUT2D eigenvalue weighted by molar-refractivity contribution is -0.143. The molecule has 5 atom stereocenters. The van der Waals surface area contributed by atoms with Gasteiger partial charge < -0.3 is 15.7 Å². The molecular formula is C14H22N2O3S. The van der Waals surface area contributed by atoms with E-state index in [9.17, 15) is 9.59 Å². The van der Waals surface area contributed by atoms with Gasteiger partial charge in [0.1, 0.15) is 0 Å². The lowest BCUT2D eigenvalue weighted by atomic mass is 9.83. The minimum Gasteiger partial charge on any atom is -0.481 e. The van der Waals surface area contributed by atoms with Gasteiger partial charge >= 0.3 is 5.97 Å². The summed E-state index contributed by atoms with van der Waals surface area (Å²) in [7, 11) is 0. The summed E-state index contributed by atoms with van der Waals surface area (Å²) < 4.78 is 0. The van der Waals surface area contributed by atoms with Crippen molar-refractivity contribution in [2.75, 3.05) is 18.1 Å². The Bertz CT molecular complexity index is 415. The molecule has 3 fully saturated rings. The van der Waals surface area contributed by atoms with Gasteiger partial charge in [0.15, 0.2) is 0 Å². The van der Waals surface area contributed by atoms with Gasteiger partial charge in [0, 0.05) is 24.1 Å². The number of carboxylic acids is 1. The molecule has 0 aromatic rings. The Morgan fingerprint density at radius 1 is 1.30 bits per heavy atom. The first-order chi connectivity index (χ1) is 9.58. The highest BCUT2D eigenvalue weighted by Gasteiger charge is 2.51. The third-order valence-corrected chi connectivity index (χ3v) is 6.28. The number of nitrogens with zero attached hydrogens (tertiary/aromatic N) is 1. The minimum absolute atomic E-state index is 0.0127. The number of carbonyl (C=O) groups excluding carboxylic acids is 1. The van der Waals surface area contributed by atoms with Crippen LogP contribution in [0.5, 0.6) is 0 Å². The second-order valence-electron chi connectivity index (χ2n) is 6.29. The molecule has 0 aromatic heterocycles. The average Bonchev–Trinajstić information content (AvgIpc) is 2.98. The van der Waals surface area contributed by atoms with Gasteiger partial charge in [0.05, 0.1) is 18.4 Å². The summed E-state index contributed by atoms with van der Waals surface area (Å²) in [6.45, 7) is 0.669. The summed E-state index contributed by atoms with van der Waals surface area (Å²) in [5.41, 5.74) is 6.25. The SMILES string of the molecule is NC1C2CCC(C2)C1C(=O)N1CCSCC1CC(=O)O. The predicted molar refractivity (Wildman–Crippen MR) is 77.4 cm³/mol. The van der Waals surface area contributed by atoms with Gasteiger partial charge in [-0.2, -0.15) is 11.8 Å². The molecule has 2 bridgehead atoms. The molecule has 0 radical (unpaired) electrons. The van der Waals surface area contributed by atoms with Gasteiger partial charge in [-0.05, 0) is 31.1 Å². The van der Waals surface area contributed by atoms with Crippen molar-refractivity contribution in [1.82, 2.24) is 4.90 Å². The Kier molecular flexibility index (Phi) is 3.95. The Labute approximate surface area is 123 Å². The summed E-state index contributed by atoms with van der Waals surface area (Å²) >= 11 is 1.74. The maximum atomic E-state index is 12.8. The lowest BCUT2D eigenvalue weighted by Gasteiger charge is -2.39. The average molecular weight is 298 g/mol. The van der Waals surface area contributed by atoms with Crippen LogP contribution in [-0.2, 0) is 9.59 Å². The van der Waals surface area contributed by atoms with Crippen LogP contribution >= 0.6 is 11.8 Å². The van der Waals surface area contributed by atoms with Gasteiger partial charge in [-0.15, -0.1) is 0 Å². The Balaban J connectivity index is 1.73. The summed E-state index contributed by atoms with van der Waals surface area (Å²) in [5.74, 6) is 1.80. The molecule has 5 unspecified atom stereocenters. The fourth-order valence-corrected chi connectivity index (χ4v) is 5.27. The number of fused-ring (bicyclic) bond motifs is 2. The van der Waals surface area contributed by atoms with Crippen molar-refractivity contribution in [3.8, 4) is 0 Å². The van der Waals surface area contributed by atoms with E-state index in [-0.39, 0.29) is 30.3 Å². The highest BCUT2D eigenvalue weighted by molar-refractivity contribution is 7.99. The highest BCUT2D eigenvalue weighted by atomic mass is 32.2.